The number of halogens is 1. The molecular weight excluding hydrogens is 398 g/mol. The van der Waals surface area contributed by atoms with Crippen molar-refractivity contribution in [3.8, 4) is 12.3 Å². The van der Waals surface area contributed by atoms with Gasteiger partial charge in [-0.05, 0) is 43.5 Å². The lowest BCUT2D eigenvalue weighted by atomic mass is 10.0. The molecule has 1 aromatic rings. The maximum Gasteiger partial charge on any atom is 0.242 e. The molecule has 0 radical (unpaired) electrons. The first-order chi connectivity index (χ1) is 13.3. The highest BCUT2D eigenvalue weighted by Crippen LogP contribution is 2.25. The monoisotopic (exact) mass is 425 g/mol. The Morgan fingerprint density at radius 2 is 2.18 bits per heavy atom. The Balaban J connectivity index is 2.09. The topological polar surface area (TPSA) is 69.7 Å². The predicted molar refractivity (Wildman–Crippen MR) is 114 cm³/mol. The largest absolute Gasteiger partial charge is 0.325 e. The zero-order valence-corrected chi connectivity index (χ0v) is 18.0. The van der Waals surface area contributed by atoms with E-state index in [0.29, 0.717) is 36.8 Å². The summed E-state index contributed by atoms with van der Waals surface area (Å²) in [5.41, 5.74) is 1.48. The minimum Gasteiger partial charge on any atom is -0.325 e. The number of sulfonamides is 1. The molecule has 1 amide bonds. The van der Waals surface area contributed by atoms with Gasteiger partial charge in [0, 0.05) is 23.8 Å². The fourth-order valence-corrected chi connectivity index (χ4v) is 4.81. The summed E-state index contributed by atoms with van der Waals surface area (Å²) in [5, 5.41) is 3.35. The molecule has 1 aromatic carbocycles. The number of hydrogen-bond donors (Lipinski definition) is 1. The molecule has 1 fully saturated rings. The number of benzene rings is 1. The van der Waals surface area contributed by atoms with Crippen LogP contribution in [0.25, 0.3) is 0 Å². The Morgan fingerprint density at radius 3 is 2.79 bits per heavy atom. The van der Waals surface area contributed by atoms with Crippen molar-refractivity contribution >= 4 is 33.2 Å². The van der Waals surface area contributed by atoms with Crippen molar-refractivity contribution in [1.82, 2.24) is 9.21 Å². The number of piperidine rings is 1. The number of rotatable bonds is 8. The van der Waals surface area contributed by atoms with E-state index in [-0.39, 0.29) is 5.91 Å². The zero-order chi connectivity index (χ0) is 20.7. The highest BCUT2D eigenvalue weighted by molar-refractivity contribution is 7.88. The predicted octanol–water partition coefficient (Wildman–Crippen LogP) is 2.94. The average Bonchev–Trinajstić information content (AvgIpc) is 2.63. The summed E-state index contributed by atoms with van der Waals surface area (Å²) in [6.07, 6.45) is 9.67. The van der Waals surface area contributed by atoms with E-state index < -0.39 is 16.1 Å². The van der Waals surface area contributed by atoms with Gasteiger partial charge in [0.05, 0.1) is 12.8 Å². The maximum absolute atomic E-state index is 12.7. The molecule has 0 saturated carbocycles. The van der Waals surface area contributed by atoms with Crippen LogP contribution in [-0.2, 0) is 21.4 Å². The van der Waals surface area contributed by atoms with Crippen LogP contribution in [0, 0.1) is 12.3 Å². The van der Waals surface area contributed by atoms with Crippen LogP contribution in [0.5, 0.6) is 0 Å². The highest BCUT2D eigenvalue weighted by atomic mass is 35.5. The van der Waals surface area contributed by atoms with Gasteiger partial charge in [-0.25, -0.2) is 8.42 Å². The minimum absolute atomic E-state index is 0.325. The van der Waals surface area contributed by atoms with Gasteiger partial charge >= 0.3 is 0 Å². The molecule has 0 bridgehead atoms. The van der Waals surface area contributed by atoms with E-state index >= 15 is 0 Å². The number of terminal acetylenes is 1. The van der Waals surface area contributed by atoms with Crippen molar-refractivity contribution in [3.63, 3.8) is 0 Å². The summed E-state index contributed by atoms with van der Waals surface area (Å²) in [4.78, 5) is 14.8. The number of hydrogen-bond acceptors (Lipinski definition) is 4. The smallest absolute Gasteiger partial charge is 0.242 e. The third-order valence-electron chi connectivity index (χ3n) is 4.75. The van der Waals surface area contributed by atoms with Gasteiger partial charge in [0.25, 0.3) is 0 Å². The summed E-state index contributed by atoms with van der Waals surface area (Å²) in [7, 11) is -3.43. The van der Waals surface area contributed by atoms with E-state index in [1.165, 1.54) is 4.31 Å². The van der Waals surface area contributed by atoms with Crippen LogP contribution in [0.4, 0.5) is 5.69 Å². The van der Waals surface area contributed by atoms with Crippen LogP contribution in [0.1, 0.15) is 38.2 Å². The van der Waals surface area contributed by atoms with Crippen molar-refractivity contribution < 1.29 is 13.2 Å². The van der Waals surface area contributed by atoms with E-state index in [1.807, 2.05) is 6.07 Å². The molecule has 0 unspecified atom stereocenters. The average molecular weight is 426 g/mol. The first kappa shape index (κ1) is 22.7. The molecule has 1 heterocycles. The van der Waals surface area contributed by atoms with E-state index in [4.69, 9.17) is 18.0 Å². The van der Waals surface area contributed by atoms with E-state index in [2.05, 4.69) is 23.1 Å². The van der Waals surface area contributed by atoms with Crippen LogP contribution in [-0.4, -0.2) is 55.5 Å². The molecule has 28 heavy (non-hydrogen) atoms. The Bertz CT molecular complexity index is 836. The lowest BCUT2D eigenvalue weighted by Crippen LogP contribution is -2.49. The second-order valence-electron chi connectivity index (χ2n) is 7.10. The number of nitrogens with zero attached hydrogens (tertiary/aromatic N) is 2. The van der Waals surface area contributed by atoms with Crippen molar-refractivity contribution in [2.45, 2.75) is 45.2 Å². The van der Waals surface area contributed by atoms with Gasteiger partial charge in [0.15, 0.2) is 0 Å². The number of carbonyl (C=O) groups is 1. The van der Waals surface area contributed by atoms with Crippen LogP contribution in [0.15, 0.2) is 18.2 Å². The second-order valence-corrected chi connectivity index (χ2v) is 9.44. The van der Waals surface area contributed by atoms with Crippen LogP contribution in [0.2, 0.25) is 5.02 Å². The molecule has 0 aromatic heterocycles. The molecule has 154 valence electrons. The molecule has 1 atom stereocenters. The van der Waals surface area contributed by atoms with E-state index in [0.717, 1.165) is 37.6 Å². The van der Waals surface area contributed by atoms with Gasteiger partial charge in [-0.1, -0.05) is 36.9 Å². The quantitative estimate of drug-likeness (QED) is 0.650. The zero-order valence-electron chi connectivity index (χ0n) is 16.4. The van der Waals surface area contributed by atoms with Crippen molar-refractivity contribution in [1.29, 1.82) is 0 Å². The molecule has 1 aliphatic heterocycles. The highest BCUT2D eigenvalue weighted by Gasteiger charge is 2.34. The Hall–Kier alpha value is -1.59. The number of carbonyl (C=O) groups excluding carboxylic acids is 1. The van der Waals surface area contributed by atoms with Crippen LogP contribution >= 0.6 is 11.6 Å². The first-order valence-electron chi connectivity index (χ1n) is 9.48. The molecule has 0 spiro atoms. The van der Waals surface area contributed by atoms with Crippen LogP contribution < -0.4 is 5.32 Å². The number of anilines is 1. The van der Waals surface area contributed by atoms with Gasteiger partial charge in [-0.3, -0.25) is 9.69 Å². The molecule has 1 N–H and O–H groups in total. The minimum atomic E-state index is -3.43. The lowest BCUT2D eigenvalue weighted by molar-refractivity contribution is -0.120. The van der Waals surface area contributed by atoms with E-state index in [9.17, 15) is 13.2 Å². The standard InChI is InChI=1S/C20H28ClN3O3S/c1-4-11-23(12-5-2)15-16-9-10-17(14-18(16)21)22-20(25)19-8-6-7-13-24(19)28(3,26)27/h1,9-10,14,19H,5-8,11-13,15H2,2-3H3,(H,22,25)/t19-/m1/s1. The van der Waals surface area contributed by atoms with Gasteiger partial charge < -0.3 is 5.32 Å². The summed E-state index contributed by atoms with van der Waals surface area (Å²) in [6, 6.07) is 4.67. The van der Waals surface area contributed by atoms with Crippen molar-refractivity contribution in [2.24, 2.45) is 0 Å². The van der Waals surface area contributed by atoms with Gasteiger partial charge in [-0.2, -0.15) is 4.31 Å². The second kappa shape index (κ2) is 10.3. The molecule has 1 saturated heterocycles. The summed E-state index contributed by atoms with van der Waals surface area (Å²) in [6.45, 7) is 4.52. The summed E-state index contributed by atoms with van der Waals surface area (Å²) < 4.78 is 25.2. The molecular formula is C20H28ClN3O3S. The van der Waals surface area contributed by atoms with Crippen LogP contribution in [0.3, 0.4) is 0 Å². The maximum atomic E-state index is 12.7. The lowest BCUT2D eigenvalue weighted by Gasteiger charge is -2.32. The molecule has 0 aliphatic carbocycles. The Labute approximate surface area is 173 Å². The van der Waals surface area contributed by atoms with Crippen molar-refractivity contribution in [3.05, 3.63) is 28.8 Å². The van der Waals surface area contributed by atoms with Gasteiger partial charge in [0.2, 0.25) is 15.9 Å². The molecule has 1 aliphatic rings. The van der Waals surface area contributed by atoms with Gasteiger partial charge in [-0.15, -0.1) is 6.42 Å². The number of amides is 1. The first-order valence-corrected chi connectivity index (χ1v) is 11.7. The molecule has 6 nitrogen and oxygen atoms in total. The third-order valence-corrected chi connectivity index (χ3v) is 6.39. The fraction of sp³-hybridized carbons (Fsp3) is 0.550. The normalized spacial score (nSPS) is 18.0. The SMILES string of the molecule is C#CCN(CCC)Cc1ccc(NC(=O)[C@H]2CCCCN2S(C)(=O)=O)cc1Cl. The summed E-state index contributed by atoms with van der Waals surface area (Å²) >= 11 is 6.41. The summed E-state index contributed by atoms with van der Waals surface area (Å²) in [5.74, 6) is 2.33. The third kappa shape index (κ3) is 6.21. The Morgan fingerprint density at radius 1 is 1.43 bits per heavy atom. The fourth-order valence-electron chi connectivity index (χ4n) is 3.44. The van der Waals surface area contributed by atoms with E-state index in [1.54, 1.807) is 12.1 Å². The van der Waals surface area contributed by atoms with Crippen molar-refractivity contribution in [2.75, 3.05) is 31.2 Å². The Kier molecular flexibility index (Phi) is 8.32. The molecule has 2 rings (SSSR count). The number of nitrogens with one attached hydrogen (secondary N) is 1. The van der Waals surface area contributed by atoms with Gasteiger partial charge in [0.1, 0.15) is 6.04 Å². The molecule has 8 heteroatoms.